The zero-order chi connectivity index (χ0) is 12.3. The van der Waals surface area contributed by atoms with Gasteiger partial charge in [0.15, 0.2) is 0 Å². The number of alkyl halides is 3. The van der Waals surface area contributed by atoms with Crippen LogP contribution in [0.2, 0.25) is 5.02 Å². The van der Waals surface area contributed by atoms with Crippen LogP contribution in [0.3, 0.4) is 0 Å². The lowest BCUT2D eigenvalue weighted by atomic mass is 10.1. The summed E-state index contributed by atoms with van der Waals surface area (Å²) in [5.41, 5.74) is 4.12. The second-order valence-corrected chi connectivity index (χ2v) is 3.44. The first-order valence-electron chi connectivity index (χ1n) is 4.14. The summed E-state index contributed by atoms with van der Waals surface area (Å²) in [4.78, 5) is 10.4. The third-order valence-corrected chi connectivity index (χ3v) is 1.91. The standard InChI is InChI=1S/C10H7ClF3NO/c11-8-4-6(1-2-9(15)16)3-7(5-8)10(12,13)14/h1-5H,(H2,15,16). The van der Waals surface area contributed by atoms with Gasteiger partial charge in [-0.2, -0.15) is 13.2 Å². The molecule has 1 rings (SSSR count). The molecule has 6 heteroatoms. The number of amides is 1. The van der Waals surface area contributed by atoms with Gasteiger partial charge in [0.05, 0.1) is 5.56 Å². The van der Waals surface area contributed by atoms with E-state index in [4.69, 9.17) is 17.3 Å². The lowest BCUT2D eigenvalue weighted by molar-refractivity contribution is -0.137. The number of nitrogens with two attached hydrogens (primary N) is 1. The van der Waals surface area contributed by atoms with Crippen LogP contribution in [0.4, 0.5) is 13.2 Å². The van der Waals surface area contributed by atoms with Crippen molar-refractivity contribution in [3.63, 3.8) is 0 Å². The highest BCUT2D eigenvalue weighted by molar-refractivity contribution is 6.30. The fraction of sp³-hybridized carbons (Fsp3) is 0.100. The van der Waals surface area contributed by atoms with Gasteiger partial charge >= 0.3 is 6.18 Å². The SMILES string of the molecule is NC(=O)C=Cc1cc(Cl)cc(C(F)(F)F)c1. The van der Waals surface area contributed by atoms with Gasteiger partial charge in [0, 0.05) is 11.1 Å². The van der Waals surface area contributed by atoms with E-state index >= 15 is 0 Å². The molecule has 2 N–H and O–H groups in total. The molecule has 1 aromatic carbocycles. The van der Waals surface area contributed by atoms with Crippen LogP contribution in [-0.4, -0.2) is 5.91 Å². The van der Waals surface area contributed by atoms with Crippen LogP contribution in [0, 0.1) is 0 Å². The van der Waals surface area contributed by atoms with Crippen LogP contribution < -0.4 is 5.73 Å². The van der Waals surface area contributed by atoms with Crippen molar-refractivity contribution in [3.8, 4) is 0 Å². The Hall–Kier alpha value is -1.49. The van der Waals surface area contributed by atoms with Gasteiger partial charge in [-0.05, 0) is 29.8 Å². The van der Waals surface area contributed by atoms with Crippen LogP contribution in [0.1, 0.15) is 11.1 Å². The molecule has 0 unspecified atom stereocenters. The van der Waals surface area contributed by atoms with E-state index in [9.17, 15) is 18.0 Å². The average Bonchev–Trinajstić information content (AvgIpc) is 2.12. The summed E-state index contributed by atoms with van der Waals surface area (Å²) < 4.78 is 37.1. The number of carbonyl (C=O) groups excluding carboxylic acids is 1. The van der Waals surface area contributed by atoms with Gasteiger partial charge in [-0.3, -0.25) is 4.79 Å². The minimum absolute atomic E-state index is 0.0565. The lowest BCUT2D eigenvalue weighted by Crippen LogP contribution is -2.06. The molecule has 86 valence electrons. The first kappa shape index (κ1) is 12.6. The zero-order valence-electron chi connectivity index (χ0n) is 7.88. The first-order valence-corrected chi connectivity index (χ1v) is 4.52. The van der Waals surface area contributed by atoms with Gasteiger partial charge < -0.3 is 5.73 Å². The third-order valence-electron chi connectivity index (χ3n) is 1.69. The molecule has 0 aliphatic carbocycles. The fourth-order valence-electron chi connectivity index (χ4n) is 1.05. The third kappa shape index (κ3) is 3.58. The summed E-state index contributed by atoms with van der Waals surface area (Å²) in [7, 11) is 0. The molecule has 0 saturated heterocycles. The van der Waals surface area contributed by atoms with Crippen LogP contribution in [0.15, 0.2) is 24.3 Å². The number of hydrogen-bond acceptors (Lipinski definition) is 1. The second-order valence-electron chi connectivity index (χ2n) is 3.01. The highest BCUT2D eigenvalue weighted by Gasteiger charge is 2.30. The van der Waals surface area contributed by atoms with E-state index in [0.717, 1.165) is 18.2 Å². The predicted octanol–water partition coefficient (Wildman–Crippen LogP) is 2.86. The van der Waals surface area contributed by atoms with Crippen molar-refractivity contribution < 1.29 is 18.0 Å². The van der Waals surface area contributed by atoms with Gasteiger partial charge in [-0.25, -0.2) is 0 Å². The van der Waals surface area contributed by atoms with Gasteiger partial charge in [-0.1, -0.05) is 11.6 Å². The van der Waals surface area contributed by atoms with Gasteiger partial charge in [0.25, 0.3) is 0 Å². The highest BCUT2D eigenvalue weighted by atomic mass is 35.5. The molecule has 0 saturated carbocycles. The minimum Gasteiger partial charge on any atom is -0.366 e. The van der Waals surface area contributed by atoms with E-state index in [1.54, 1.807) is 0 Å². The molecule has 0 heterocycles. The average molecular weight is 250 g/mol. The molecule has 0 aromatic heterocycles. The van der Waals surface area contributed by atoms with E-state index in [-0.39, 0.29) is 10.6 Å². The molecule has 1 aromatic rings. The van der Waals surface area contributed by atoms with Crippen molar-refractivity contribution in [1.29, 1.82) is 0 Å². The molecule has 0 bridgehead atoms. The van der Waals surface area contributed by atoms with Crippen molar-refractivity contribution >= 4 is 23.6 Å². The summed E-state index contributed by atoms with van der Waals surface area (Å²) in [6, 6.07) is 2.99. The monoisotopic (exact) mass is 249 g/mol. The summed E-state index contributed by atoms with van der Waals surface area (Å²) in [5.74, 6) is -0.742. The normalized spacial score (nSPS) is 12.0. The van der Waals surface area contributed by atoms with Crippen LogP contribution in [0.25, 0.3) is 6.08 Å². The lowest BCUT2D eigenvalue weighted by Gasteiger charge is -2.07. The molecule has 0 fully saturated rings. The van der Waals surface area contributed by atoms with Gasteiger partial charge in [0.1, 0.15) is 0 Å². The number of carbonyl (C=O) groups is 1. The quantitative estimate of drug-likeness (QED) is 0.805. The zero-order valence-corrected chi connectivity index (χ0v) is 8.64. The van der Waals surface area contributed by atoms with Crippen molar-refractivity contribution in [2.45, 2.75) is 6.18 Å². The number of hydrogen-bond donors (Lipinski definition) is 1. The highest BCUT2D eigenvalue weighted by Crippen LogP contribution is 2.32. The Labute approximate surface area is 94.5 Å². The van der Waals surface area contributed by atoms with E-state index in [0.29, 0.717) is 0 Å². The van der Waals surface area contributed by atoms with E-state index < -0.39 is 17.6 Å². The second kappa shape index (κ2) is 4.57. The largest absolute Gasteiger partial charge is 0.416 e. The maximum Gasteiger partial charge on any atom is 0.416 e. The van der Waals surface area contributed by atoms with Crippen LogP contribution in [-0.2, 0) is 11.0 Å². The predicted molar refractivity (Wildman–Crippen MR) is 54.7 cm³/mol. The topological polar surface area (TPSA) is 43.1 Å². The maximum absolute atomic E-state index is 12.4. The molecular weight excluding hydrogens is 243 g/mol. The Kier molecular flexibility index (Phi) is 3.59. The number of halogens is 4. The maximum atomic E-state index is 12.4. The summed E-state index contributed by atoms with van der Waals surface area (Å²) in [6.07, 6.45) is -2.34. The molecule has 2 nitrogen and oxygen atoms in total. The minimum atomic E-state index is -4.47. The van der Waals surface area contributed by atoms with Crippen molar-refractivity contribution in [2.75, 3.05) is 0 Å². The van der Waals surface area contributed by atoms with Gasteiger partial charge in [-0.15, -0.1) is 0 Å². The Morgan fingerprint density at radius 2 is 1.94 bits per heavy atom. The molecule has 0 aliphatic rings. The molecule has 0 radical (unpaired) electrons. The van der Waals surface area contributed by atoms with Crippen LogP contribution >= 0.6 is 11.6 Å². The molecule has 0 atom stereocenters. The molecule has 0 spiro atoms. The molecule has 0 aliphatic heterocycles. The summed E-state index contributed by atoms with van der Waals surface area (Å²) in [6.45, 7) is 0. The Bertz CT molecular complexity index is 440. The molecule has 1 amide bonds. The summed E-state index contributed by atoms with van der Waals surface area (Å²) >= 11 is 5.52. The van der Waals surface area contributed by atoms with Crippen molar-refractivity contribution in [2.24, 2.45) is 5.73 Å². The van der Waals surface area contributed by atoms with E-state index in [1.807, 2.05) is 0 Å². The number of benzene rings is 1. The van der Waals surface area contributed by atoms with E-state index in [2.05, 4.69) is 0 Å². The Morgan fingerprint density at radius 3 is 2.44 bits per heavy atom. The van der Waals surface area contributed by atoms with Crippen molar-refractivity contribution in [3.05, 3.63) is 40.4 Å². The van der Waals surface area contributed by atoms with Crippen molar-refractivity contribution in [1.82, 2.24) is 0 Å². The first-order chi connectivity index (χ1) is 7.29. The fourth-order valence-corrected chi connectivity index (χ4v) is 1.29. The summed E-state index contributed by atoms with van der Waals surface area (Å²) in [5, 5.41) is -0.0565. The van der Waals surface area contributed by atoms with Crippen LogP contribution in [0.5, 0.6) is 0 Å². The Balaban J connectivity index is 3.13. The smallest absolute Gasteiger partial charge is 0.366 e. The van der Waals surface area contributed by atoms with E-state index in [1.165, 1.54) is 12.1 Å². The number of rotatable bonds is 2. The number of primary amides is 1. The Morgan fingerprint density at radius 1 is 1.31 bits per heavy atom. The molecular formula is C10H7ClF3NO. The molecule has 16 heavy (non-hydrogen) atoms. The van der Waals surface area contributed by atoms with Gasteiger partial charge in [0.2, 0.25) is 5.91 Å².